The summed E-state index contributed by atoms with van der Waals surface area (Å²) in [6.45, 7) is 1.14. The van der Waals surface area contributed by atoms with E-state index in [1.165, 1.54) is 40.4 Å². The van der Waals surface area contributed by atoms with E-state index >= 15 is 0 Å². The molecule has 0 bridgehead atoms. The lowest BCUT2D eigenvalue weighted by molar-refractivity contribution is -0.115. The number of hydrogen-bond acceptors (Lipinski definition) is 6. The molecule has 0 aromatic heterocycles. The molecule has 9 nitrogen and oxygen atoms in total. The predicted octanol–water partition coefficient (Wildman–Crippen LogP) is 2.04. The van der Waals surface area contributed by atoms with Crippen molar-refractivity contribution in [1.29, 1.82) is 0 Å². The summed E-state index contributed by atoms with van der Waals surface area (Å²) in [4.78, 5) is 35.7. The standard InChI is InChI=1S/C20H23N3O6/c1-12(24)22-14-6-5-7-15(10-14)23-18(25)11-21-20(26)13-8-16(27-2)19(29-4)17(9-13)28-3/h5-10H,11H2,1-4H3,(H,21,26)(H,22,24)(H,23,25). The summed E-state index contributed by atoms with van der Waals surface area (Å²) >= 11 is 0. The van der Waals surface area contributed by atoms with Gasteiger partial charge in [0.25, 0.3) is 5.91 Å². The van der Waals surface area contributed by atoms with E-state index in [0.29, 0.717) is 28.6 Å². The lowest BCUT2D eigenvalue weighted by Crippen LogP contribution is -2.32. The van der Waals surface area contributed by atoms with Crippen LogP contribution < -0.4 is 30.2 Å². The maximum absolute atomic E-state index is 12.4. The van der Waals surface area contributed by atoms with E-state index in [9.17, 15) is 14.4 Å². The fourth-order valence-corrected chi connectivity index (χ4v) is 2.56. The third-order valence-electron chi connectivity index (χ3n) is 3.80. The van der Waals surface area contributed by atoms with Gasteiger partial charge in [0.15, 0.2) is 11.5 Å². The largest absolute Gasteiger partial charge is 0.493 e. The molecule has 0 heterocycles. The van der Waals surface area contributed by atoms with Crippen LogP contribution in [0.15, 0.2) is 36.4 Å². The summed E-state index contributed by atoms with van der Waals surface area (Å²) in [5, 5.41) is 7.81. The topological polar surface area (TPSA) is 115 Å². The van der Waals surface area contributed by atoms with Crippen molar-refractivity contribution in [2.45, 2.75) is 6.92 Å². The molecule has 0 saturated carbocycles. The fourth-order valence-electron chi connectivity index (χ4n) is 2.56. The maximum Gasteiger partial charge on any atom is 0.251 e. The first-order valence-electron chi connectivity index (χ1n) is 8.63. The zero-order chi connectivity index (χ0) is 21.4. The SMILES string of the molecule is COc1cc(C(=O)NCC(=O)Nc2cccc(NC(C)=O)c2)cc(OC)c1OC. The van der Waals surface area contributed by atoms with Gasteiger partial charge in [-0.25, -0.2) is 0 Å². The van der Waals surface area contributed by atoms with Crippen molar-refractivity contribution in [3.05, 3.63) is 42.0 Å². The molecule has 9 heteroatoms. The van der Waals surface area contributed by atoms with Crippen LogP contribution in [0.5, 0.6) is 17.2 Å². The Morgan fingerprint density at radius 2 is 1.45 bits per heavy atom. The Labute approximate surface area is 168 Å². The molecule has 0 spiro atoms. The number of amides is 3. The summed E-state index contributed by atoms with van der Waals surface area (Å²) < 4.78 is 15.7. The molecule has 0 aliphatic carbocycles. The Morgan fingerprint density at radius 3 is 1.97 bits per heavy atom. The van der Waals surface area contributed by atoms with Gasteiger partial charge in [-0.15, -0.1) is 0 Å². The molecular weight excluding hydrogens is 378 g/mol. The van der Waals surface area contributed by atoms with Crippen LogP contribution >= 0.6 is 0 Å². The molecule has 0 aliphatic rings. The normalized spacial score (nSPS) is 9.93. The second-order valence-electron chi connectivity index (χ2n) is 5.91. The molecule has 2 aromatic carbocycles. The lowest BCUT2D eigenvalue weighted by Gasteiger charge is -2.14. The number of nitrogens with one attached hydrogen (secondary N) is 3. The van der Waals surface area contributed by atoms with Crippen LogP contribution in [-0.2, 0) is 9.59 Å². The van der Waals surface area contributed by atoms with Gasteiger partial charge < -0.3 is 30.2 Å². The third kappa shape index (κ3) is 5.86. The van der Waals surface area contributed by atoms with Crippen molar-refractivity contribution < 1.29 is 28.6 Å². The molecule has 0 unspecified atom stereocenters. The van der Waals surface area contributed by atoms with Crippen molar-refractivity contribution in [3.8, 4) is 17.2 Å². The number of ether oxygens (including phenoxy) is 3. The van der Waals surface area contributed by atoms with E-state index in [1.54, 1.807) is 24.3 Å². The highest BCUT2D eigenvalue weighted by Crippen LogP contribution is 2.38. The highest BCUT2D eigenvalue weighted by atomic mass is 16.5. The predicted molar refractivity (Wildman–Crippen MR) is 108 cm³/mol. The summed E-state index contributed by atoms with van der Waals surface area (Å²) in [7, 11) is 4.36. The number of carbonyl (C=O) groups excluding carboxylic acids is 3. The first-order valence-corrected chi connectivity index (χ1v) is 8.63. The van der Waals surface area contributed by atoms with Gasteiger partial charge in [0.2, 0.25) is 17.6 Å². The Balaban J connectivity index is 2.02. The lowest BCUT2D eigenvalue weighted by atomic mass is 10.1. The van der Waals surface area contributed by atoms with Crippen LogP contribution in [-0.4, -0.2) is 45.6 Å². The fraction of sp³-hybridized carbons (Fsp3) is 0.250. The third-order valence-corrected chi connectivity index (χ3v) is 3.80. The molecule has 0 radical (unpaired) electrons. The van der Waals surface area contributed by atoms with Crippen molar-refractivity contribution in [2.75, 3.05) is 38.5 Å². The molecular formula is C20H23N3O6. The van der Waals surface area contributed by atoms with E-state index in [-0.39, 0.29) is 18.0 Å². The van der Waals surface area contributed by atoms with Gasteiger partial charge in [0, 0.05) is 23.9 Å². The van der Waals surface area contributed by atoms with Gasteiger partial charge in [0.1, 0.15) is 0 Å². The zero-order valence-corrected chi connectivity index (χ0v) is 16.6. The summed E-state index contributed by atoms with van der Waals surface area (Å²) in [6, 6.07) is 9.65. The van der Waals surface area contributed by atoms with Gasteiger partial charge in [-0.1, -0.05) is 6.07 Å². The maximum atomic E-state index is 12.4. The van der Waals surface area contributed by atoms with Crippen LogP contribution in [0.25, 0.3) is 0 Å². The van der Waals surface area contributed by atoms with Crippen molar-refractivity contribution in [1.82, 2.24) is 5.32 Å². The Hall–Kier alpha value is -3.75. The van der Waals surface area contributed by atoms with Crippen molar-refractivity contribution in [2.24, 2.45) is 0 Å². The second-order valence-corrected chi connectivity index (χ2v) is 5.91. The average molecular weight is 401 g/mol. The van der Waals surface area contributed by atoms with E-state index in [0.717, 1.165) is 0 Å². The van der Waals surface area contributed by atoms with Crippen LogP contribution in [0.3, 0.4) is 0 Å². The van der Waals surface area contributed by atoms with Crippen LogP contribution in [0.4, 0.5) is 11.4 Å². The van der Waals surface area contributed by atoms with Gasteiger partial charge >= 0.3 is 0 Å². The molecule has 2 rings (SSSR count). The minimum atomic E-state index is -0.480. The van der Waals surface area contributed by atoms with Gasteiger partial charge in [-0.2, -0.15) is 0 Å². The molecule has 29 heavy (non-hydrogen) atoms. The Bertz CT molecular complexity index is 888. The molecule has 3 N–H and O–H groups in total. The molecule has 0 saturated heterocycles. The number of anilines is 2. The van der Waals surface area contributed by atoms with Crippen molar-refractivity contribution in [3.63, 3.8) is 0 Å². The van der Waals surface area contributed by atoms with Gasteiger partial charge in [-0.3, -0.25) is 14.4 Å². The number of carbonyl (C=O) groups is 3. The van der Waals surface area contributed by atoms with E-state index < -0.39 is 11.8 Å². The molecule has 154 valence electrons. The minimum absolute atomic E-state index is 0.217. The molecule has 2 aromatic rings. The summed E-state index contributed by atoms with van der Waals surface area (Å²) in [5.74, 6) is -0.0981. The van der Waals surface area contributed by atoms with E-state index in [2.05, 4.69) is 16.0 Å². The summed E-state index contributed by atoms with van der Waals surface area (Å²) in [6.07, 6.45) is 0. The second kappa shape index (κ2) is 9.98. The number of rotatable bonds is 8. The van der Waals surface area contributed by atoms with Crippen LogP contribution in [0.2, 0.25) is 0 Å². The molecule has 0 atom stereocenters. The van der Waals surface area contributed by atoms with Gasteiger partial charge in [0.05, 0.1) is 27.9 Å². The van der Waals surface area contributed by atoms with Crippen LogP contribution in [0.1, 0.15) is 17.3 Å². The average Bonchev–Trinajstić information content (AvgIpc) is 2.70. The zero-order valence-electron chi connectivity index (χ0n) is 16.6. The van der Waals surface area contributed by atoms with E-state index in [1.807, 2.05) is 0 Å². The minimum Gasteiger partial charge on any atom is -0.493 e. The highest BCUT2D eigenvalue weighted by molar-refractivity contribution is 6.00. The smallest absolute Gasteiger partial charge is 0.251 e. The Morgan fingerprint density at radius 1 is 0.862 bits per heavy atom. The van der Waals surface area contributed by atoms with E-state index in [4.69, 9.17) is 14.2 Å². The number of benzene rings is 2. The van der Waals surface area contributed by atoms with Gasteiger partial charge in [-0.05, 0) is 30.3 Å². The molecule has 0 aliphatic heterocycles. The number of methoxy groups -OCH3 is 3. The Kier molecular flexibility index (Phi) is 7.41. The molecule has 0 fully saturated rings. The first-order chi connectivity index (χ1) is 13.9. The van der Waals surface area contributed by atoms with Crippen LogP contribution in [0, 0.1) is 0 Å². The highest BCUT2D eigenvalue weighted by Gasteiger charge is 2.17. The number of hydrogen-bond donors (Lipinski definition) is 3. The first kappa shape index (κ1) is 21.5. The summed E-state index contributed by atoms with van der Waals surface area (Å²) in [5.41, 5.74) is 1.29. The van der Waals surface area contributed by atoms with Crippen molar-refractivity contribution >= 4 is 29.1 Å². The molecule has 3 amide bonds. The quantitative estimate of drug-likeness (QED) is 0.624. The monoisotopic (exact) mass is 401 g/mol.